The number of rotatable bonds is 3. The maximum Gasteiger partial charge on any atom is 3.00 e. The van der Waals surface area contributed by atoms with E-state index in [1.165, 1.54) is 15.9 Å². The number of hydrogen-bond acceptors (Lipinski definition) is 0. The molecule has 0 amide bonds. The normalized spacial score (nSPS) is 8.74. The third-order valence-electron chi connectivity index (χ3n) is 3.04. The van der Waals surface area contributed by atoms with Gasteiger partial charge in [0.15, 0.2) is 0 Å². The molecule has 0 unspecified atom stereocenters. The zero-order chi connectivity index (χ0) is 12.9. The van der Waals surface area contributed by atoms with Crippen molar-refractivity contribution < 1.29 is 59.6 Å². The summed E-state index contributed by atoms with van der Waals surface area (Å²) >= 11 is 0. The van der Waals surface area contributed by atoms with E-state index in [1.54, 1.807) is 0 Å². The molecule has 0 nitrogen and oxygen atoms in total. The van der Waals surface area contributed by atoms with Crippen LogP contribution in [0.15, 0.2) is 91.0 Å². The SMILES string of the molecule is [Au+3].[Cl-].[Cl-].[Cl-].c1ccc(P(c2ccccc2)c2ccccc2)cc1. The monoisotopic (exact) mass is 564 g/mol. The fourth-order valence-corrected chi connectivity index (χ4v) is 4.48. The van der Waals surface area contributed by atoms with Crippen molar-refractivity contribution >= 4 is 23.8 Å². The summed E-state index contributed by atoms with van der Waals surface area (Å²) in [7, 11) is -0.446. The zero-order valence-electron chi connectivity index (χ0n) is 12.0. The fraction of sp³-hybridized carbons (Fsp3) is 0. The van der Waals surface area contributed by atoms with E-state index in [1.807, 2.05) is 0 Å². The first-order valence-electron chi connectivity index (χ1n) is 6.40. The summed E-state index contributed by atoms with van der Waals surface area (Å²) in [5.41, 5.74) is 0. The Hall–Kier alpha value is -0.300. The smallest absolute Gasteiger partial charge is 1.00 e. The van der Waals surface area contributed by atoms with Crippen molar-refractivity contribution in [3.05, 3.63) is 91.0 Å². The molecule has 0 aromatic heterocycles. The van der Waals surface area contributed by atoms with Gasteiger partial charge in [-0.15, -0.1) is 0 Å². The summed E-state index contributed by atoms with van der Waals surface area (Å²) in [5.74, 6) is 0. The second-order valence-corrected chi connectivity index (χ2v) is 6.56. The predicted molar refractivity (Wildman–Crippen MR) is 85.1 cm³/mol. The Kier molecular flexibility index (Phi) is 14.1. The molecule has 124 valence electrons. The van der Waals surface area contributed by atoms with Gasteiger partial charge in [-0.05, 0) is 23.8 Å². The molecule has 5 heteroatoms. The maximum atomic E-state index is 2.23. The predicted octanol–water partition coefficient (Wildman–Crippen LogP) is -5.55. The zero-order valence-corrected chi connectivity index (χ0v) is 17.4. The molecule has 0 fully saturated rings. The Labute approximate surface area is 173 Å². The molecule has 0 aliphatic rings. The minimum absolute atomic E-state index is 0. The first-order chi connectivity index (χ1) is 9.45. The van der Waals surface area contributed by atoms with Gasteiger partial charge in [-0.25, -0.2) is 0 Å². The molecule has 0 N–H and O–H groups in total. The Balaban J connectivity index is 0. The van der Waals surface area contributed by atoms with E-state index in [0.717, 1.165) is 0 Å². The van der Waals surface area contributed by atoms with Crippen molar-refractivity contribution in [3.8, 4) is 0 Å². The largest absolute Gasteiger partial charge is 3.00 e. The van der Waals surface area contributed by atoms with Gasteiger partial charge in [-0.3, -0.25) is 0 Å². The summed E-state index contributed by atoms with van der Waals surface area (Å²) < 4.78 is 0. The molecule has 3 rings (SSSR count). The van der Waals surface area contributed by atoms with E-state index in [-0.39, 0.29) is 59.6 Å². The van der Waals surface area contributed by atoms with Gasteiger partial charge in [0.2, 0.25) is 0 Å². The van der Waals surface area contributed by atoms with Gasteiger partial charge < -0.3 is 37.2 Å². The average molecular weight is 566 g/mol. The van der Waals surface area contributed by atoms with Gasteiger partial charge in [0.05, 0.1) is 0 Å². The van der Waals surface area contributed by atoms with Crippen LogP contribution >= 0.6 is 7.92 Å². The standard InChI is InChI=1S/C18H15P.Au.3ClH/c1-4-10-16(11-5-1)19(17-12-6-2-7-13-17)18-14-8-3-9-15-18;;;;/h1-15H;;3*1H/q;+3;;;/p-3. The van der Waals surface area contributed by atoms with E-state index in [4.69, 9.17) is 0 Å². The number of benzene rings is 3. The van der Waals surface area contributed by atoms with E-state index < -0.39 is 7.92 Å². The van der Waals surface area contributed by atoms with E-state index in [2.05, 4.69) is 91.0 Å². The molecule has 0 atom stereocenters. The first kappa shape index (κ1) is 24.9. The molecule has 3 aromatic carbocycles. The van der Waals surface area contributed by atoms with Gasteiger partial charge in [0, 0.05) is 0 Å². The Morgan fingerprint density at radius 2 is 0.609 bits per heavy atom. The van der Waals surface area contributed by atoms with Gasteiger partial charge in [-0.2, -0.15) is 0 Å². The second kappa shape index (κ2) is 13.0. The third-order valence-corrected chi connectivity index (χ3v) is 5.49. The van der Waals surface area contributed by atoms with Crippen LogP contribution in [0.25, 0.3) is 0 Å². The minimum Gasteiger partial charge on any atom is -1.00 e. The second-order valence-electron chi connectivity index (χ2n) is 4.34. The first-order valence-corrected chi connectivity index (χ1v) is 7.74. The van der Waals surface area contributed by atoms with Crippen molar-refractivity contribution in [2.24, 2.45) is 0 Å². The summed E-state index contributed by atoms with van der Waals surface area (Å²) in [6, 6.07) is 32.3. The maximum absolute atomic E-state index is 2.23. The molecule has 0 saturated heterocycles. The van der Waals surface area contributed by atoms with Crippen LogP contribution in [0.1, 0.15) is 0 Å². The Morgan fingerprint density at radius 1 is 0.391 bits per heavy atom. The molecule has 0 radical (unpaired) electrons. The molecule has 0 aliphatic carbocycles. The Bertz CT molecular complexity index is 542. The van der Waals surface area contributed by atoms with Gasteiger partial charge >= 0.3 is 22.4 Å². The quantitative estimate of drug-likeness (QED) is 0.220. The van der Waals surface area contributed by atoms with E-state index in [9.17, 15) is 0 Å². The van der Waals surface area contributed by atoms with Crippen molar-refractivity contribution in [1.29, 1.82) is 0 Å². The van der Waals surface area contributed by atoms with Crippen LogP contribution in [0.4, 0.5) is 0 Å². The molecule has 0 heterocycles. The molecule has 0 aliphatic heterocycles. The van der Waals surface area contributed by atoms with Crippen molar-refractivity contribution in [1.82, 2.24) is 0 Å². The number of halogens is 3. The molecule has 0 spiro atoms. The fourth-order valence-electron chi connectivity index (χ4n) is 2.18. The summed E-state index contributed by atoms with van der Waals surface area (Å²) in [6.45, 7) is 0. The number of hydrogen-bond donors (Lipinski definition) is 0. The molecule has 3 aromatic rings. The van der Waals surface area contributed by atoms with Crippen LogP contribution in [-0.2, 0) is 22.4 Å². The molecule has 0 bridgehead atoms. The van der Waals surface area contributed by atoms with Crippen molar-refractivity contribution in [2.75, 3.05) is 0 Å². The van der Waals surface area contributed by atoms with Gasteiger partial charge in [0.25, 0.3) is 0 Å². The molecular weight excluding hydrogens is 550 g/mol. The van der Waals surface area contributed by atoms with Crippen molar-refractivity contribution in [2.45, 2.75) is 0 Å². The van der Waals surface area contributed by atoms with Crippen LogP contribution in [0.3, 0.4) is 0 Å². The van der Waals surface area contributed by atoms with Crippen molar-refractivity contribution in [3.63, 3.8) is 0 Å². The van der Waals surface area contributed by atoms with Gasteiger partial charge in [0.1, 0.15) is 0 Å². The van der Waals surface area contributed by atoms with E-state index in [0.29, 0.717) is 0 Å². The molecule has 23 heavy (non-hydrogen) atoms. The van der Waals surface area contributed by atoms with Crippen LogP contribution in [0, 0.1) is 0 Å². The average Bonchev–Trinajstić information content (AvgIpc) is 2.51. The van der Waals surface area contributed by atoms with Crippen LogP contribution in [-0.4, -0.2) is 0 Å². The topological polar surface area (TPSA) is 0 Å². The summed E-state index contributed by atoms with van der Waals surface area (Å²) in [5, 5.41) is 4.19. The summed E-state index contributed by atoms with van der Waals surface area (Å²) in [4.78, 5) is 0. The van der Waals surface area contributed by atoms with Crippen LogP contribution in [0.2, 0.25) is 0 Å². The van der Waals surface area contributed by atoms with E-state index >= 15 is 0 Å². The summed E-state index contributed by atoms with van der Waals surface area (Å²) in [6.07, 6.45) is 0. The third kappa shape index (κ3) is 6.61. The van der Waals surface area contributed by atoms with Gasteiger partial charge in [-0.1, -0.05) is 91.0 Å². The molecule has 0 saturated carbocycles. The van der Waals surface area contributed by atoms with Crippen LogP contribution in [0.5, 0.6) is 0 Å². The minimum atomic E-state index is -0.446. The van der Waals surface area contributed by atoms with Crippen LogP contribution < -0.4 is 53.1 Å². The Morgan fingerprint density at radius 3 is 0.826 bits per heavy atom. The molecular formula is C18H15AuCl3P.